The van der Waals surface area contributed by atoms with Crippen LogP contribution in [0.25, 0.3) is 17.1 Å². The van der Waals surface area contributed by atoms with E-state index in [0.29, 0.717) is 18.1 Å². The summed E-state index contributed by atoms with van der Waals surface area (Å²) in [6.45, 7) is 6.55. The van der Waals surface area contributed by atoms with Crippen molar-refractivity contribution in [3.8, 4) is 22.8 Å². The first-order valence-corrected chi connectivity index (χ1v) is 10.2. The Bertz CT molecular complexity index is 1200. The van der Waals surface area contributed by atoms with Crippen molar-refractivity contribution in [1.82, 2.24) is 14.8 Å². The quantitative estimate of drug-likeness (QED) is 0.472. The number of carbonyl (C=O) groups excluding carboxylic acids is 1. The van der Waals surface area contributed by atoms with E-state index in [9.17, 15) is 4.79 Å². The van der Waals surface area contributed by atoms with Crippen LogP contribution in [0, 0.1) is 13.8 Å². The fraction of sp³-hybridized carbons (Fsp3) is 0.160. The predicted molar refractivity (Wildman–Crippen MR) is 122 cm³/mol. The fourth-order valence-electron chi connectivity index (χ4n) is 3.24. The zero-order valence-electron chi connectivity index (χ0n) is 17.8. The molecule has 1 N–H and O–H groups in total. The number of anilines is 1. The first-order valence-electron chi connectivity index (χ1n) is 10.2. The second-order valence-corrected chi connectivity index (χ2v) is 7.29. The summed E-state index contributed by atoms with van der Waals surface area (Å²) in [6, 6.07) is 23.2. The molecule has 0 spiro atoms. The molecule has 0 radical (unpaired) electrons. The first kappa shape index (κ1) is 20.3. The summed E-state index contributed by atoms with van der Waals surface area (Å²) >= 11 is 0. The monoisotopic (exact) mass is 412 g/mol. The number of aromatic nitrogens is 3. The summed E-state index contributed by atoms with van der Waals surface area (Å²) in [5.74, 6) is 1.12. The topological polar surface area (TPSA) is 69.0 Å². The van der Waals surface area contributed by atoms with Gasteiger partial charge in [0.1, 0.15) is 5.75 Å². The van der Waals surface area contributed by atoms with E-state index in [1.54, 1.807) is 4.68 Å². The Balaban J connectivity index is 1.72. The Morgan fingerprint density at radius 1 is 0.968 bits per heavy atom. The molecule has 0 aliphatic carbocycles. The largest absolute Gasteiger partial charge is 0.494 e. The molecule has 1 aromatic heterocycles. The SMILES string of the molecule is CCOc1ccc(-n2nc(C(=O)Nc3cccc(C)c3)nc2-c2ccc(C)cc2)cc1. The lowest BCUT2D eigenvalue weighted by Crippen LogP contribution is -2.14. The third kappa shape index (κ3) is 4.64. The molecule has 31 heavy (non-hydrogen) atoms. The summed E-state index contributed by atoms with van der Waals surface area (Å²) in [7, 11) is 0. The number of hydrogen-bond acceptors (Lipinski definition) is 4. The second-order valence-electron chi connectivity index (χ2n) is 7.29. The molecule has 0 fully saturated rings. The van der Waals surface area contributed by atoms with Crippen LogP contribution in [0.15, 0.2) is 72.8 Å². The van der Waals surface area contributed by atoms with Gasteiger partial charge in [-0.2, -0.15) is 0 Å². The van der Waals surface area contributed by atoms with Gasteiger partial charge >= 0.3 is 0 Å². The van der Waals surface area contributed by atoms with Crippen molar-refractivity contribution < 1.29 is 9.53 Å². The number of nitrogens with one attached hydrogen (secondary N) is 1. The highest BCUT2D eigenvalue weighted by Gasteiger charge is 2.19. The Morgan fingerprint density at radius 2 is 1.71 bits per heavy atom. The molecule has 0 bridgehead atoms. The minimum atomic E-state index is -0.358. The number of hydrogen-bond donors (Lipinski definition) is 1. The van der Waals surface area contributed by atoms with Gasteiger partial charge in [0, 0.05) is 11.3 Å². The number of rotatable bonds is 6. The van der Waals surface area contributed by atoms with Crippen molar-refractivity contribution in [2.75, 3.05) is 11.9 Å². The number of ether oxygens (including phenoxy) is 1. The van der Waals surface area contributed by atoms with Crippen LogP contribution in [-0.4, -0.2) is 27.3 Å². The van der Waals surface area contributed by atoms with Crippen LogP contribution in [0.1, 0.15) is 28.7 Å². The van der Waals surface area contributed by atoms with E-state index in [1.807, 2.05) is 93.6 Å². The molecule has 0 saturated carbocycles. The van der Waals surface area contributed by atoms with Crippen LogP contribution >= 0.6 is 0 Å². The molecular formula is C25H24N4O2. The van der Waals surface area contributed by atoms with Gasteiger partial charge < -0.3 is 10.1 Å². The molecule has 0 atom stereocenters. The predicted octanol–water partition coefficient (Wildman–Crippen LogP) is 5.20. The van der Waals surface area contributed by atoms with Crippen molar-refractivity contribution in [3.63, 3.8) is 0 Å². The molecular weight excluding hydrogens is 388 g/mol. The lowest BCUT2D eigenvalue weighted by molar-refractivity contribution is 0.101. The van der Waals surface area contributed by atoms with Gasteiger partial charge in [0.15, 0.2) is 5.82 Å². The molecule has 4 rings (SSSR count). The van der Waals surface area contributed by atoms with E-state index in [2.05, 4.69) is 15.4 Å². The average Bonchev–Trinajstić information content (AvgIpc) is 3.21. The third-order valence-corrected chi connectivity index (χ3v) is 4.79. The van der Waals surface area contributed by atoms with E-state index >= 15 is 0 Å². The highest BCUT2D eigenvalue weighted by molar-refractivity contribution is 6.01. The molecule has 1 heterocycles. The van der Waals surface area contributed by atoms with Crippen molar-refractivity contribution in [1.29, 1.82) is 0 Å². The Morgan fingerprint density at radius 3 is 2.39 bits per heavy atom. The number of amides is 1. The van der Waals surface area contributed by atoms with Gasteiger partial charge in [-0.05, 0) is 62.7 Å². The summed E-state index contributed by atoms with van der Waals surface area (Å²) in [4.78, 5) is 17.4. The lowest BCUT2D eigenvalue weighted by Gasteiger charge is -2.08. The molecule has 0 unspecified atom stereocenters. The fourth-order valence-corrected chi connectivity index (χ4v) is 3.24. The van der Waals surface area contributed by atoms with E-state index in [4.69, 9.17) is 4.74 Å². The number of nitrogens with zero attached hydrogens (tertiary/aromatic N) is 3. The van der Waals surface area contributed by atoms with Gasteiger partial charge in [-0.1, -0.05) is 42.0 Å². The van der Waals surface area contributed by atoms with Gasteiger partial charge in [-0.25, -0.2) is 9.67 Å². The number of benzene rings is 3. The molecule has 0 aliphatic heterocycles. The molecule has 0 aliphatic rings. The van der Waals surface area contributed by atoms with Gasteiger partial charge in [-0.15, -0.1) is 5.10 Å². The molecule has 1 amide bonds. The van der Waals surface area contributed by atoms with E-state index < -0.39 is 0 Å². The van der Waals surface area contributed by atoms with Crippen molar-refractivity contribution >= 4 is 11.6 Å². The highest BCUT2D eigenvalue weighted by Crippen LogP contribution is 2.24. The Kier molecular flexibility index (Phi) is 5.80. The third-order valence-electron chi connectivity index (χ3n) is 4.79. The normalized spacial score (nSPS) is 10.7. The Hall–Kier alpha value is -3.93. The van der Waals surface area contributed by atoms with E-state index in [0.717, 1.165) is 28.1 Å². The van der Waals surface area contributed by atoms with Crippen LogP contribution in [0.3, 0.4) is 0 Å². The zero-order chi connectivity index (χ0) is 21.8. The molecule has 0 saturated heterocycles. The standard InChI is InChI=1S/C25H24N4O2/c1-4-31-22-14-12-21(13-15-22)29-24(19-10-8-17(2)9-11-19)27-23(28-29)25(30)26-20-7-5-6-18(3)16-20/h5-16H,4H2,1-3H3,(H,26,30). The summed E-state index contributed by atoms with van der Waals surface area (Å²) in [5, 5.41) is 7.41. The summed E-state index contributed by atoms with van der Waals surface area (Å²) < 4.78 is 7.22. The zero-order valence-corrected chi connectivity index (χ0v) is 17.8. The minimum absolute atomic E-state index is 0.103. The second kappa shape index (κ2) is 8.83. The van der Waals surface area contributed by atoms with Crippen LogP contribution < -0.4 is 10.1 Å². The number of carbonyl (C=O) groups is 1. The molecule has 6 heteroatoms. The van der Waals surface area contributed by atoms with Crippen LogP contribution in [-0.2, 0) is 0 Å². The average molecular weight is 412 g/mol. The highest BCUT2D eigenvalue weighted by atomic mass is 16.5. The Labute approximate surface area is 181 Å². The van der Waals surface area contributed by atoms with E-state index in [-0.39, 0.29) is 11.7 Å². The van der Waals surface area contributed by atoms with Crippen LogP contribution in [0.2, 0.25) is 0 Å². The van der Waals surface area contributed by atoms with E-state index in [1.165, 1.54) is 0 Å². The van der Waals surface area contributed by atoms with Crippen LogP contribution in [0.4, 0.5) is 5.69 Å². The molecule has 4 aromatic rings. The van der Waals surface area contributed by atoms with Crippen molar-refractivity contribution in [3.05, 3.63) is 89.7 Å². The first-order chi connectivity index (χ1) is 15.0. The van der Waals surface area contributed by atoms with Gasteiger partial charge in [-0.3, -0.25) is 4.79 Å². The van der Waals surface area contributed by atoms with Gasteiger partial charge in [0.2, 0.25) is 5.82 Å². The summed E-state index contributed by atoms with van der Waals surface area (Å²) in [6.07, 6.45) is 0. The van der Waals surface area contributed by atoms with Crippen LogP contribution in [0.5, 0.6) is 5.75 Å². The van der Waals surface area contributed by atoms with Crippen molar-refractivity contribution in [2.24, 2.45) is 0 Å². The maximum Gasteiger partial charge on any atom is 0.295 e. The lowest BCUT2D eigenvalue weighted by atomic mass is 10.1. The smallest absolute Gasteiger partial charge is 0.295 e. The maximum atomic E-state index is 12.9. The molecule has 6 nitrogen and oxygen atoms in total. The van der Waals surface area contributed by atoms with Gasteiger partial charge in [0.25, 0.3) is 5.91 Å². The number of aryl methyl sites for hydroxylation is 2. The summed E-state index contributed by atoms with van der Waals surface area (Å²) in [5.41, 5.74) is 4.58. The molecule has 156 valence electrons. The van der Waals surface area contributed by atoms with Crippen molar-refractivity contribution in [2.45, 2.75) is 20.8 Å². The minimum Gasteiger partial charge on any atom is -0.494 e. The maximum absolute atomic E-state index is 12.9. The molecule has 3 aromatic carbocycles. The van der Waals surface area contributed by atoms with Gasteiger partial charge in [0.05, 0.1) is 12.3 Å².